The average molecular weight is 174 g/mol. The molecule has 0 aliphatic heterocycles. The molecule has 0 fully saturated rings. The largest absolute Gasteiger partial charge is 0.480 e. The maximum absolute atomic E-state index is 10.7. The number of hydrogen-bond donors (Lipinski definition) is 3. The summed E-state index contributed by atoms with van der Waals surface area (Å²) in [6.45, 7) is 1.47. The maximum atomic E-state index is 10.7. The molecule has 0 spiro atoms. The van der Waals surface area contributed by atoms with Crippen molar-refractivity contribution in [1.82, 2.24) is 0 Å². The van der Waals surface area contributed by atoms with Gasteiger partial charge in [-0.3, -0.25) is 9.59 Å². The van der Waals surface area contributed by atoms with Gasteiger partial charge < -0.3 is 16.6 Å². The Labute approximate surface area is 70.7 Å². The molecule has 0 aromatic rings. The van der Waals surface area contributed by atoms with Crippen molar-refractivity contribution >= 4 is 11.8 Å². The molecule has 70 valence electrons. The van der Waals surface area contributed by atoms with Crippen LogP contribution in [-0.2, 0) is 9.59 Å². The molecule has 0 aromatic carbocycles. The Kier molecular flexibility index (Phi) is 3.85. The van der Waals surface area contributed by atoms with E-state index >= 15 is 0 Å². The molecule has 0 saturated heterocycles. The van der Waals surface area contributed by atoms with Crippen molar-refractivity contribution < 1.29 is 14.7 Å². The zero-order valence-electron chi connectivity index (χ0n) is 7.04. The number of aliphatic carboxylic acids is 1. The number of Topliss-reactive ketones (excluding diaryl/α,β-unsaturated/α-hetero) is 1. The second-order valence-corrected chi connectivity index (χ2v) is 2.88. The minimum Gasteiger partial charge on any atom is -0.480 e. The van der Waals surface area contributed by atoms with Crippen LogP contribution in [0, 0.1) is 0 Å². The van der Waals surface area contributed by atoms with E-state index in [4.69, 9.17) is 16.6 Å². The number of carbonyl (C=O) groups excluding carboxylic acids is 1. The van der Waals surface area contributed by atoms with Crippen LogP contribution in [0.2, 0.25) is 0 Å². The molecule has 5 N–H and O–H groups in total. The van der Waals surface area contributed by atoms with Crippen LogP contribution < -0.4 is 11.5 Å². The van der Waals surface area contributed by atoms with Gasteiger partial charge in [0.2, 0.25) is 0 Å². The van der Waals surface area contributed by atoms with Crippen molar-refractivity contribution in [2.45, 2.75) is 25.3 Å². The summed E-state index contributed by atoms with van der Waals surface area (Å²) in [7, 11) is 0. The van der Waals surface area contributed by atoms with Gasteiger partial charge in [-0.05, 0) is 19.9 Å². The molecule has 0 heterocycles. The van der Waals surface area contributed by atoms with Crippen LogP contribution >= 0.6 is 0 Å². The molecule has 0 bridgehead atoms. The number of hydrogen-bond acceptors (Lipinski definition) is 4. The predicted octanol–water partition coefficient (Wildman–Crippen LogP) is -0.904. The molecule has 0 aliphatic carbocycles. The van der Waals surface area contributed by atoms with Crippen LogP contribution in [0.25, 0.3) is 0 Å². The SMILES string of the molecule is CC(=O)CC(N)(CCN)C(=O)O. The van der Waals surface area contributed by atoms with Gasteiger partial charge in [0.1, 0.15) is 11.3 Å². The Morgan fingerprint density at radius 2 is 2.00 bits per heavy atom. The van der Waals surface area contributed by atoms with Crippen molar-refractivity contribution in [3.05, 3.63) is 0 Å². The second-order valence-electron chi connectivity index (χ2n) is 2.88. The molecule has 0 radical (unpaired) electrons. The Morgan fingerprint density at radius 3 is 2.25 bits per heavy atom. The number of carboxylic acid groups (broad SMARTS) is 1. The van der Waals surface area contributed by atoms with Gasteiger partial charge in [0.15, 0.2) is 0 Å². The van der Waals surface area contributed by atoms with Gasteiger partial charge in [-0.2, -0.15) is 0 Å². The van der Waals surface area contributed by atoms with Crippen molar-refractivity contribution in [1.29, 1.82) is 0 Å². The Morgan fingerprint density at radius 1 is 1.50 bits per heavy atom. The highest BCUT2D eigenvalue weighted by atomic mass is 16.4. The van der Waals surface area contributed by atoms with Gasteiger partial charge in [0.25, 0.3) is 0 Å². The highest BCUT2D eigenvalue weighted by Gasteiger charge is 2.34. The van der Waals surface area contributed by atoms with Gasteiger partial charge in [-0.15, -0.1) is 0 Å². The Balaban J connectivity index is 4.38. The molecule has 5 heteroatoms. The van der Waals surface area contributed by atoms with E-state index in [1.54, 1.807) is 0 Å². The molecule has 1 atom stereocenters. The van der Waals surface area contributed by atoms with Crippen LogP contribution in [0.1, 0.15) is 19.8 Å². The number of carbonyl (C=O) groups is 2. The number of ketones is 1. The first-order chi connectivity index (χ1) is 5.42. The number of nitrogens with two attached hydrogens (primary N) is 2. The van der Waals surface area contributed by atoms with E-state index in [1.807, 2.05) is 0 Å². The molecule has 1 unspecified atom stereocenters. The summed E-state index contributed by atoms with van der Waals surface area (Å²) < 4.78 is 0. The quantitative estimate of drug-likeness (QED) is 0.500. The molecule has 5 nitrogen and oxygen atoms in total. The third-order valence-corrected chi connectivity index (χ3v) is 1.58. The first kappa shape index (κ1) is 11.1. The maximum Gasteiger partial charge on any atom is 0.324 e. The lowest BCUT2D eigenvalue weighted by molar-refractivity contribution is -0.145. The minimum absolute atomic E-state index is 0.113. The fourth-order valence-corrected chi connectivity index (χ4v) is 0.973. The fraction of sp³-hybridized carbons (Fsp3) is 0.714. The normalized spacial score (nSPS) is 15.2. The van der Waals surface area contributed by atoms with E-state index in [2.05, 4.69) is 0 Å². The van der Waals surface area contributed by atoms with E-state index in [9.17, 15) is 9.59 Å². The van der Waals surface area contributed by atoms with Crippen molar-refractivity contribution in [3.8, 4) is 0 Å². The number of carboxylic acids is 1. The van der Waals surface area contributed by atoms with Crippen molar-refractivity contribution in [2.24, 2.45) is 11.5 Å². The van der Waals surface area contributed by atoms with E-state index < -0.39 is 11.5 Å². The van der Waals surface area contributed by atoms with E-state index in [-0.39, 0.29) is 25.2 Å². The van der Waals surface area contributed by atoms with E-state index in [0.29, 0.717) is 0 Å². The summed E-state index contributed by atoms with van der Waals surface area (Å²) in [4.78, 5) is 21.3. The topological polar surface area (TPSA) is 106 Å². The molecule has 0 rings (SSSR count). The number of rotatable bonds is 5. The average Bonchev–Trinajstić information content (AvgIpc) is 1.85. The molecule has 0 saturated carbocycles. The fourth-order valence-electron chi connectivity index (χ4n) is 0.973. The Hall–Kier alpha value is -0.940. The zero-order valence-corrected chi connectivity index (χ0v) is 7.04. The van der Waals surface area contributed by atoms with Crippen molar-refractivity contribution in [2.75, 3.05) is 6.54 Å². The van der Waals surface area contributed by atoms with Crippen LogP contribution in [0.4, 0.5) is 0 Å². The minimum atomic E-state index is -1.49. The lowest BCUT2D eigenvalue weighted by Crippen LogP contribution is -2.50. The van der Waals surface area contributed by atoms with E-state index in [1.165, 1.54) is 6.92 Å². The van der Waals surface area contributed by atoms with Gasteiger partial charge in [0.05, 0.1) is 0 Å². The molecule has 0 aromatic heterocycles. The first-order valence-electron chi connectivity index (χ1n) is 3.64. The first-order valence-corrected chi connectivity index (χ1v) is 3.64. The molecule has 0 aliphatic rings. The smallest absolute Gasteiger partial charge is 0.324 e. The van der Waals surface area contributed by atoms with Crippen molar-refractivity contribution in [3.63, 3.8) is 0 Å². The highest BCUT2D eigenvalue weighted by Crippen LogP contribution is 2.11. The molecular weight excluding hydrogens is 160 g/mol. The predicted molar refractivity (Wildman–Crippen MR) is 43.5 cm³/mol. The summed E-state index contributed by atoms with van der Waals surface area (Å²) in [6, 6.07) is 0. The second kappa shape index (κ2) is 4.18. The van der Waals surface area contributed by atoms with Gasteiger partial charge in [-0.1, -0.05) is 0 Å². The van der Waals surface area contributed by atoms with Crippen LogP contribution in [0.5, 0.6) is 0 Å². The Bertz CT molecular complexity index is 193. The zero-order chi connectivity index (χ0) is 9.78. The lowest BCUT2D eigenvalue weighted by Gasteiger charge is -2.22. The van der Waals surface area contributed by atoms with Crippen LogP contribution in [0.3, 0.4) is 0 Å². The van der Waals surface area contributed by atoms with Gasteiger partial charge in [0, 0.05) is 6.42 Å². The monoisotopic (exact) mass is 174 g/mol. The summed E-state index contributed by atoms with van der Waals surface area (Å²) in [5, 5.41) is 8.68. The van der Waals surface area contributed by atoms with Crippen LogP contribution in [0.15, 0.2) is 0 Å². The van der Waals surface area contributed by atoms with E-state index in [0.717, 1.165) is 0 Å². The summed E-state index contributed by atoms with van der Waals surface area (Å²) in [5.41, 5.74) is 9.14. The molecular formula is C7H14N2O3. The third-order valence-electron chi connectivity index (χ3n) is 1.58. The van der Waals surface area contributed by atoms with Gasteiger partial charge in [-0.25, -0.2) is 0 Å². The lowest BCUT2D eigenvalue weighted by atomic mass is 9.91. The molecule has 12 heavy (non-hydrogen) atoms. The summed E-state index contributed by atoms with van der Waals surface area (Å²) >= 11 is 0. The van der Waals surface area contributed by atoms with Crippen LogP contribution in [-0.4, -0.2) is 28.9 Å². The summed E-state index contributed by atoms with van der Waals surface area (Å²) in [5.74, 6) is -1.42. The molecule has 0 amide bonds. The summed E-state index contributed by atoms with van der Waals surface area (Å²) in [6.07, 6.45) is -0.0541. The highest BCUT2D eigenvalue weighted by molar-refractivity contribution is 5.87. The van der Waals surface area contributed by atoms with Gasteiger partial charge >= 0.3 is 5.97 Å². The standard InChI is InChI=1S/C7H14N2O3/c1-5(10)4-7(9,2-3-8)6(11)12/h2-4,8-9H2,1H3,(H,11,12). The third kappa shape index (κ3) is 2.98.